The van der Waals surface area contributed by atoms with Crippen LogP contribution in [0.5, 0.6) is 5.75 Å². The lowest BCUT2D eigenvalue weighted by Gasteiger charge is -2.07. The van der Waals surface area contributed by atoms with Gasteiger partial charge in [0, 0.05) is 6.54 Å². The third-order valence-corrected chi connectivity index (χ3v) is 2.47. The number of aromatic nitrogens is 2. The lowest BCUT2D eigenvalue weighted by Crippen LogP contribution is -2.09. The van der Waals surface area contributed by atoms with E-state index in [9.17, 15) is 0 Å². The molecule has 0 aliphatic carbocycles. The molecule has 96 valence electrons. The molecule has 0 unspecified atom stereocenters. The number of anilines is 1. The van der Waals surface area contributed by atoms with Crippen molar-refractivity contribution in [3.63, 3.8) is 0 Å². The number of nitrogens with zero attached hydrogens (tertiary/aromatic N) is 3. The molecule has 0 aliphatic heterocycles. The van der Waals surface area contributed by atoms with Crippen LogP contribution in [0.3, 0.4) is 0 Å². The minimum atomic E-state index is 0.499. The van der Waals surface area contributed by atoms with Crippen LogP contribution in [0.1, 0.15) is 12.0 Å². The van der Waals surface area contributed by atoms with Crippen LogP contribution in [-0.4, -0.2) is 23.3 Å². The van der Waals surface area contributed by atoms with Crippen LogP contribution >= 0.6 is 0 Å². The van der Waals surface area contributed by atoms with Crippen molar-refractivity contribution in [3.05, 3.63) is 48.2 Å². The first-order valence-electron chi connectivity index (χ1n) is 6.03. The molecule has 0 saturated carbocycles. The van der Waals surface area contributed by atoms with Gasteiger partial charge in [0.05, 0.1) is 18.4 Å². The van der Waals surface area contributed by atoms with E-state index in [1.165, 1.54) is 6.20 Å². The Morgan fingerprint density at radius 3 is 2.84 bits per heavy atom. The van der Waals surface area contributed by atoms with Crippen molar-refractivity contribution in [1.29, 1.82) is 5.26 Å². The lowest BCUT2D eigenvalue weighted by molar-refractivity contribution is 0.315. The van der Waals surface area contributed by atoms with Crippen molar-refractivity contribution < 1.29 is 4.74 Å². The molecule has 5 nitrogen and oxygen atoms in total. The third-order valence-electron chi connectivity index (χ3n) is 2.47. The molecule has 1 heterocycles. The number of ether oxygens (including phenoxy) is 1. The van der Waals surface area contributed by atoms with Crippen molar-refractivity contribution >= 4 is 5.82 Å². The number of hydrogen-bond acceptors (Lipinski definition) is 5. The molecule has 0 spiro atoms. The van der Waals surface area contributed by atoms with Crippen LogP contribution in [0.15, 0.2) is 42.6 Å². The summed E-state index contributed by atoms with van der Waals surface area (Å²) in [5.41, 5.74) is 0.499. The SMILES string of the molecule is N#Cc1ccnnc1NCCCOc1ccccc1. The second kappa shape index (κ2) is 6.97. The highest BCUT2D eigenvalue weighted by Gasteiger charge is 2.01. The molecule has 0 amide bonds. The molecule has 0 bridgehead atoms. The molecule has 2 rings (SSSR count). The standard InChI is InChI=1S/C14H14N4O/c15-11-12-7-9-17-18-14(12)16-8-4-10-19-13-5-2-1-3-6-13/h1-3,5-7,9H,4,8,10H2,(H,16,18). The summed E-state index contributed by atoms with van der Waals surface area (Å²) in [5.74, 6) is 1.38. The molecule has 1 N–H and O–H groups in total. The molecule has 0 fully saturated rings. The van der Waals surface area contributed by atoms with Crippen LogP contribution < -0.4 is 10.1 Å². The topological polar surface area (TPSA) is 70.8 Å². The third kappa shape index (κ3) is 3.96. The van der Waals surface area contributed by atoms with Gasteiger partial charge in [-0.05, 0) is 24.6 Å². The van der Waals surface area contributed by atoms with E-state index in [4.69, 9.17) is 10.00 Å². The molecule has 0 aliphatic rings. The minimum Gasteiger partial charge on any atom is -0.494 e. The van der Waals surface area contributed by atoms with E-state index in [1.807, 2.05) is 30.3 Å². The van der Waals surface area contributed by atoms with Gasteiger partial charge >= 0.3 is 0 Å². The summed E-state index contributed by atoms with van der Waals surface area (Å²) in [6.07, 6.45) is 2.32. The summed E-state index contributed by atoms with van der Waals surface area (Å²) in [4.78, 5) is 0. The van der Waals surface area contributed by atoms with Gasteiger partial charge in [-0.1, -0.05) is 18.2 Å². The maximum Gasteiger partial charge on any atom is 0.166 e. The molecule has 0 radical (unpaired) electrons. The molecular weight excluding hydrogens is 240 g/mol. The number of rotatable bonds is 6. The van der Waals surface area contributed by atoms with Crippen LogP contribution in [0.4, 0.5) is 5.82 Å². The summed E-state index contributed by atoms with van der Waals surface area (Å²) in [5, 5.41) is 19.6. The van der Waals surface area contributed by atoms with Crippen molar-refractivity contribution in [2.75, 3.05) is 18.5 Å². The number of benzene rings is 1. The maximum atomic E-state index is 8.89. The quantitative estimate of drug-likeness (QED) is 0.800. The largest absolute Gasteiger partial charge is 0.494 e. The number of para-hydroxylation sites is 1. The fraction of sp³-hybridized carbons (Fsp3) is 0.214. The Morgan fingerprint density at radius 2 is 2.05 bits per heavy atom. The Labute approximate surface area is 111 Å². The predicted octanol–water partition coefficient (Wildman–Crippen LogP) is 2.23. The normalized spacial score (nSPS) is 9.63. The lowest BCUT2D eigenvalue weighted by atomic mass is 10.3. The average Bonchev–Trinajstić information content (AvgIpc) is 2.48. The van der Waals surface area contributed by atoms with E-state index in [0.717, 1.165) is 12.2 Å². The summed E-state index contributed by atoms with van der Waals surface area (Å²) in [7, 11) is 0. The molecule has 0 atom stereocenters. The smallest absolute Gasteiger partial charge is 0.166 e. The van der Waals surface area contributed by atoms with Crippen molar-refractivity contribution in [1.82, 2.24) is 10.2 Å². The Balaban J connectivity index is 1.71. The predicted molar refractivity (Wildman–Crippen MR) is 71.8 cm³/mol. The molecule has 5 heteroatoms. The van der Waals surface area contributed by atoms with E-state index >= 15 is 0 Å². The average molecular weight is 254 g/mol. The van der Waals surface area contributed by atoms with Gasteiger partial charge in [0.1, 0.15) is 11.8 Å². The van der Waals surface area contributed by atoms with Gasteiger partial charge < -0.3 is 10.1 Å². The highest BCUT2D eigenvalue weighted by atomic mass is 16.5. The van der Waals surface area contributed by atoms with Crippen LogP contribution in [0.25, 0.3) is 0 Å². The first-order chi connectivity index (χ1) is 9.40. The van der Waals surface area contributed by atoms with Gasteiger partial charge in [0.25, 0.3) is 0 Å². The summed E-state index contributed by atoms with van der Waals surface area (Å²) < 4.78 is 5.56. The van der Waals surface area contributed by atoms with Crippen LogP contribution in [0, 0.1) is 11.3 Å². The zero-order valence-electron chi connectivity index (χ0n) is 10.4. The first kappa shape index (κ1) is 12.8. The molecule has 0 saturated heterocycles. The molecule has 1 aromatic carbocycles. The van der Waals surface area contributed by atoms with Gasteiger partial charge in [-0.15, -0.1) is 5.10 Å². The van der Waals surface area contributed by atoms with Gasteiger partial charge in [0.2, 0.25) is 0 Å². The van der Waals surface area contributed by atoms with Crippen LogP contribution in [0.2, 0.25) is 0 Å². The Bertz CT molecular complexity index is 551. The first-order valence-corrected chi connectivity index (χ1v) is 6.03. The summed E-state index contributed by atoms with van der Waals surface area (Å²) >= 11 is 0. The number of nitrogens with one attached hydrogen (secondary N) is 1. The number of hydrogen-bond donors (Lipinski definition) is 1. The van der Waals surface area contributed by atoms with E-state index < -0.39 is 0 Å². The second-order valence-electron chi connectivity index (χ2n) is 3.85. The van der Waals surface area contributed by atoms with Gasteiger partial charge in [0.15, 0.2) is 5.82 Å². The molecular formula is C14H14N4O. The van der Waals surface area contributed by atoms with Crippen molar-refractivity contribution in [3.8, 4) is 11.8 Å². The zero-order valence-corrected chi connectivity index (χ0v) is 10.4. The van der Waals surface area contributed by atoms with E-state index in [0.29, 0.717) is 24.5 Å². The Kier molecular flexibility index (Phi) is 4.71. The van der Waals surface area contributed by atoms with Crippen molar-refractivity contribution in [2.45, 2.75) is 6.42 Å². The highest BCUT2D eigenvalue weighted by molar-refractivity contribution is 5.49. The zero-order chi connectivity index (χ0) is 13.3. The van der Waals surface area contributed by atoms with E-state index in [2.05, 4.69) is 21.6 Å². The second-order valence-corrected chi connectivity index (χ2v) is 3.85. The summed E-state index contributed by atoms with van der Waals surface area (Å²) in [6.45, 7) is 1.29. The highest BCUT2D eigenvalue weighted by Crippen LogP contribution is 2.09. The van der Waals surface area contributed by atoms with Gasteiger partial charge in [-0.25, -0.2) is 0 Å². The molecule has 1 aromatic heterocycles. The fourth-order valence-corrected chi connectivity index (χ4v) is 1.54. The molecule has 19 heavy (non-hydrogen) atoms. The Morgan fingerprint density at radius 1 is 1.21 bits per heavy atom. The fourth-order valence-electron chi connectivity index (χ4n) is 1.54. The van der Waals surface area contributed by atoms with E-state index in [-0.39, 0.29) is 0 Å². The summed E-state index contributed by atoms with van der Waals surface area (Å²) in [6, 6.07) is 13.4. The minimum absolute atomic E-state index is 0.499. The maximum absolute atomic E-state index is 8.89. The van der Waals surface area contributed by atoms with Crippen LogP contribution in [-0.2, 0) is 0 Å². The molecule has 2 aromatic rings. The van der Waals surface area contributed by atoms with Gasteiger partial charge in [-0.2, -0.15) is 10.4 Å². The Hall–Kier alpha value is -2.61. The monoisotopic (exact) mass is 254 g/mol. The number of nitriles is 1. The van der Waals surface area contributed by atoms with Crippen molar-refractivity contribution in [2.24, 2.45) is 0 Å². The van der Waals surface area contributed by atoms with E-state index in [1.54, 1.807) is 6.07 Å². The van der Waals surface area contributed by atoms with Gasteiger partial charge in [-0.3, -0.25) is 0 Å².